The van der Waals surface area contributed by atoms with Crippen molar-refractivity contribution in [1.29, 1.82) is 0 Å². The van der Waals surface area contributed by atoms with Crippen LogP contribution in [0.1, 0.15) is 55.0 Å². The first-order valence-electron chi connectivity index (χ1n) is 10.1. The van der Waals surface area contributed by atoms with E-state index in [-0.39, 0.29) is 5.41 Å². The molecule has 0 unspecified atom stereocenters. The van der Waals surface area contributed by atoms with Gasteiger partial charge in [0.1, 0.15) is 11.5 Å². The minimum Gasteiger partial charge on any atom is -0.497 e. The highest BCUT2D eigenvalue weighted by Gasteiger charge is 2.34. The molecular formula is C22H32N4O2. The molecule has 0 spiro atoms. The average Bonchev–Trinajstić information content (AvgIpc) is 3.06. The minimum absolute atomic E-state index is 0.123. The Labute approximate surface area is 167 Å². The Morgan fingerprint density at radius 2 is 1.86 bits per heavy atom. The second-order valence-electron chi connectivity index (χ2n) is 7.60. The van der Waals surface area contributed by atoms with Crippen LogP contribution in [0.4, 0.5) is 0 Å². The molecule has 6 heteroatoms. The van der Waals surface area contributed by atoms with Gasteiger partial charge in [0, 0.05) is 19.0 Å². The zero-order chi connectivity index (χ0) is 20.0. The lowest BCUT2D eigenvalue weighted by Gasteiger charge is -2.38. The number of ether oxygens (including phenoxy) is 1. The fourth-order valence-corrected chi connectivity index (χ4v) is 3.99. The highest BCUT2D eigenvalue weighted by molar-refractivity contribution is 5.79. The molecule has 0 aliphatic heterocycles. The largest absolute Gasteiger partial charge is 0.497 e. The normalized spacial score (nSPS) is 16.6. The number of guanidine groups is 1. The first-order valence-corrected chi connectivity index (χ1v) is 10.1. The first-order chi connectivity index (χ1) is 13.6. The van der Waals surface area contributed by atoms with Crippen molar-refractivity contribution in [2.24, 2.45) is 4.99 Å². The van der Waals surface area contributed by atoms with Gasteiger partial charge in [-0.3, -0.25) is 4.99 Å². The van der Waals surface area contributed by atoms with E-state index in [9.17, 15) is 0 Å². The smallest absolute Gasteiger partial charge is 0.214 e. The Morgan fingerprint density at radius 3 is 2.43 bits per heavy atom. The molecule has 0 saturated heterocycles. The van der Waals surface area contributed by atoms with E-state index in [1.165, 1.54) is 37.7 Å². The van der Waals surface area contributed by atoms with Crippen LogP contribution in [-0.4, -0.2) is 31.6 Å². The van der Waals surface area contributed by atoms with Gasteiger partial charge in [-0.15, -0.1) is 0 Å². The summed E-state index contributed by atoms with van der Waals surface area (Å²) in [5, 5.41) is 6.85. The fourth-order valence-electron chi connectivity index (χ4n) is 3.99. The summed E-state index contributed by atoms with van der Waals surface area (Å²) in [6.07, 6.45) is 6.19. The van der Waals surface area contributed by atoms with Crippen molar-refractivity contribution in [3.8, 4) is 5.75 Å². The van der Waals surface area contributed by atoms with E-state index < -0.39 is 0 Å². The Kier molecular flexibility index (Phi) is 6.60. The highest BCUT2D eigenvalue weighted by atomic mass is 16.5. The molecule has 1 aliphatic rings. The van der Waals surface area contributed by atoms with Gasteiger partial charge in [-0.05, 0) is 44.4 Å². The molecular weight excluding hydrogens is 352 g/mol. The third-order valence-electron chi connectivity index (χ3n) is 5.81. The standard InChI is InChI=1S/C22H32N4O2/c1-16-17(2)28-20(26-16)14-24-21(23-3)25-15-22(12-6-5-7-13-22)18-8-10-19(27-4)11-9-18/h8-11H,5-7,12-15H2,1-4H3,(H2,23,24,25). The molecule has 1 saturated carbocycles. The highest BCUT2D eigenvalue weighted by Crippen LogP contribution is 2.39. The van der Waals surface area contributed by atoms with Crippen molar-refractivity contribution in [2.75, 3.05) is 20.7 Å². The predicted octanol–water partition coefficient (Wildman–Crippen LogP) is 3.87. The molecule has 28 heavy (non-hydrogen) atoms. The third-order valence-corrected chi connectivity index (χ3v) is 5.81. The summed E-state index contributed by atoms with van der Waals surface area (Å²) in [5.41, 5.74) is 2.42. The van der Waals surface area contributed by atoms with E-state index in [0.717, 1.165) is 29.7 Å². The molecule has 2 aromatic rings. The summed E-state index contributed by atoms with van der Waals surface area (Å²) in [6.45, 7) is 5.25. The number of rotatable bonds is 6. The molecule has 1 aromatic heterocycles. The van der Waals surface area contributed by atoms with Crippen LogP contribution in [0.3, 0.4) is 0 Å². The van der Waals surface area contributed by atoms with Crippen LogP contribution in [0.2, 0.25) is 0 Å². The van der Waals surface area contributed by atoms with Gasteiger partial charge >= 0.3 is 0 Å². The van der Waals surface area contributed by atoms with Gasteiger partial charge in [0.2, 0.25) is 5.89 Å². The van der Waals surface area contributed by atoms with Crippen molar-refractivity contribution in [2.45, 2.75) is 57.9 Å². The number of aliphatic imine (C=N–C) groups is 1. The van der Waals surface area contributed by atoms with Crippen LogP contribution in [0.5, 0.6) is 5.75 Å². The second-order valence-corrected chi connectivity index (χ2v) is 7.60. The molecule has 3 rings (SSSR count). The molecule has 0 amide bonds. The summed E-state index contributed by atoms with van der Waals surface area (Å²) in [6, 6.07) is 8.54. The van der Waals surface area contributed by atoms with Crippen molar-refractivity contribution in [3.05, 3.63) is 47.2 Å². The number of hydrogen-bond donors (Lipinski definition) is 2. The maximum Gasteiger partial charge on any atom is 0.214 e. The van der Waals surface area contributed by atoms with E-state index in [1.54, 1.807) is 14.2 Å². The Bertz CT molecular complexity index is 770. The molecule has 1 aliphatic carbocycles. The van der Waals surface area contributed by atoms with E-state index in [2.05, 4.69) is 44.9 Å². The lowest BCUT2D eigenvalue weighted by atomic mass is 9.69. The van der Waals surface area contributed by atoms with Crippen LogP contribution in [0, 0.1) is 13.8 Å². The van der Waals surface area contributed by atoms with Gasteiger partial charge in [-0.25, -0.2) is 4.98 Å². The zero-order valence-electron chi connectivity index (χ0n) is 17.5. The van der Waals surface area contributed by atoms with Crippen LogP contribution >= 0.6 is 0 Å². The van der Waals surface area contributed by atoms with Gasteiger partial charge in [0.05, 0.1) is 19.3 Å². The number of nitrogens with zero attached hydrogens (tertiary/aromatic N) is 2. The second kappa shape index (κ2) is 9.13. The van der Waals surface area contributed by atoms with E-state index in [1.807, 2.05) is 13.8 Å². The number of methoxy groups -OCH3 is 1. The first kappa shape index (κ1) is 20.2. The SMILES string of the molecule is CN=C(NCc1nc(C)c(C)o1)NCC1(c2ccc(OC)cc2)CCCCC1. The topological polar surface area (TPSA) is 71.7 Å². The average molecular weight is 385 g/mol. The number of oxazole rings is 1. The molecule has 2 N–H and O–H groups in total. The quantitative estimate of drug-likeness (QED) is 0.584. The molecule has 152 valence electrons. The molecule has 0 atom stereocenters. The van der Waals surface area contributed by atoms with Gasteiger partial charge in [0.15, 0.2) is 5.96 Å². The van der Waals surface area contributed by atoms with Crippen LogP contribution in [-0.2, 0) is 12.0 Å². The van der Waals surface area contributed by atoms with Crippen LogP contribution in [0.25, 0.3) is 0 Å². The molecule has 1 aromatic carbocycles. The Morgan fingerprint density at radius 1 is 1.14 bits per heavy atom. The molecule has 1 fully saturated rings. The maximum atomic E-state index is 5.65. The van der Waals surface area contributed by atoms with Crippen LogP contribution in [0.15, 0.2) is 33.7 Å². The van der Waals surface area contributed by atoms with Crippen molar-refractivity contribution in [3.63, 3.8) is 0 Å². The summed E-state index contributed by atoms with van der Waals surface area (Å²) in [7, 11) is 3.50. The lowest BCUT2D eigenvalue weighted by molar-refractivity contribution is 0.290. The third kappa shape index (κ3) is 4.66. The van der Waals surface area contributed by atoms with E-state index in [4.69, 9.17) is 9.15 Å². The van der Waals surface area contributed by atoms with Gasteiger partial charge < -0.3 is 19.8 Å². The number of benzene rings is 1. The Balaban J connectivity index is 1.66. The number of aryl methyl sites for hydroxylation is 2. The zero-order valence-corrected chi connectivity index (χ0v) is 17.5. The maximum absolute atomic E-state index is 5.65. The van der Waals surface area contributed by atoms with Crippen LogP contribution < -0.4 is 15.4 Å². The summed E-state index contributed by atoms with van der Waals surface area (Å²) in [4.78, 5) is 8.79. The number of hydrogen-bond acceptors (Lipinski definition) is 4. The summed E-state index contributed by atoms with van der Waals surface area (Å²) in [5.74, 6) is 3.21. The van der Waals surface area contributed by atoms with Gasteiger partial charge in [-0.2, -0.15) is 0 Å². The molecule has 6 nitrogen and oxygen atoms in total. The number of nitrogens with one attached hydrogen (secondary N) is 2. The molecule has 0 bridgehead atoms. The lowest BCUT2D eigenvalue weighted by Crippen LogP contribution is -2.46. The van der Waals surface area contributed by atoms with Gasteiger partial charge in [0.25, 0.3) is 0 Å². The van der Waals surface area contributed by atoms with Gasteiger partial charge in [-0.1, -0.05) is 31.4 Å². The predicted molar refractivity (Wildman–Crippen MR) is 112 cm³/mol. The molecule has 0 radical (unpaired) electrons. The van der Waals surface area contributed by atoms with E-state index >= 15 is 0 Å². The number of aromatic nitrogens is 1. The summed E-state index contributed by atoms with van der Waals surface area (Å²) < 4.78 is 11.0. The minimum atomic E-state index is 0.123. The van der Waals surface area contributed by atoms with Crippen molar-refractivity contribution >= 4 is 5.96 Å². The molecule has 1 heterocycles. The van der Waals surface area contributed by atoms with Crippen molar-refractivity contribution in [1.82, 2.24) is 15.6 Å². The van der Waals surface area contributed by atoms with Crippen molar-refractivity contribution < 1.29 is 9.15 Å². The monoisotopic (exact) mass is 384 g/mol. The van der Waals surface area contributed by atoms with E-state index in [0.29, 0.717) is 12.4 Å². The fraction of sp³-hybridized carbons (Fsp3) is 0.545. The Hall–Kier alpha value is -2.50. The summed E-state index contributed by atoms with van der Waals surface area (Å²) >= 11 is 0.